The summed E-state index contributed by atoms with van der Waals surface area (Å²) in [6.45, 7) is 0.326. The van der Waals surface area contributed by atoms with Crippen LogP contribution in [0.3, 0.4) is 0 Å². The van der Waals surface area contributed by atoms with Crippen molar-refractivity contribution in [2.45, 2.75) is 31.4 Å². The Bertz CT molecular complexity index is 585. The predicted molar refractivity (Wildman–Crippen MR) is 60.5 cm³/mol. The van der Waals surface area contributed by atoms with Crippen molar-refractivity contribution in [1.29, 1.82) is 0 Å². The maximum absolute atomic E-state index is 12.0. The molecule has 1 aliphatic rings. The summed E-state index contributed by atoms with van der Waals surface area (Å²) in [6, 6.07) is 0. The number of hydrogen-bond donors (Lipinski definition) is 1. The highest BCUT2D eigenvalue weighted by molar-refractivity contribution is 7.16. The molecule has 3 rings (SSSR count). The summed E-state index contributed by atoms with van der Waals surface area (Å²) in [5, 5.41) is 10.0. The van der Waals surface area contributed by atoms with Crippen molar-refractivity contribution in [2.24, 2.45) is 0 Å². The second-order valence-electron chi connectivity index (χ2n) is 4.26. The average molecular weight is 237 g/mol. The van der Waals surface area contributed by atoms with Gasteiger partial charge < -0.3 is 5.11 Å². The van der Waals surface area contributed by atoms with Crippen molar-refractivity contribution in [1.82, 2.24) is 14.5 Å². The first kappa shape index (κ1) is 9.92. The Morgan fingerprint density at radius 1 is 1.50 bits per heavy atom. The number of aliphatic hydroxyl groups is 1. The molecule has 2 aromatic heterocycles. The second-order valence-corrected chi connectivity index (χ2v) is 5.09. The Hall–Kier alpha value is -1.27. The molecule has 0 radical (unpaired) electrons. The van der Waals surface area contributed by atoms with Gasteiger partial charge in [-0.15, -0.1) is 11.3 Å². The summed E-state index contributed by atoms with van der Waals surface area (Å²) in [4.78, 5) is 20.8. The Morgan fingerprint density at radius 2 is 2.31 bits per heavy atom. The topological polar surface area (TPSA) is 68.0 Å². The summed E-state index contributed by atoms with van der Waals surface area (Å²) < 4.78 is 1.46. The standard InChI is InChI=1S/C10H11N3O2S/c14-9-7-8(16-6-12-7)11-5-13(9)4-10(15)2-1-3-10/h5-6,15H,1-4H2. The summed E-state index contributed by atoms with van der Waals surface area (Å²) in [7, 11) is 0. The first-order valence-corrected chi connectivity index (χ1v) is 6.07. The zero-order valence-corrected chi connectivity index (χ0v) is 9.40. The van der Waals surface area contributed by atoms with Crippen molar-refractivity contribution < 1.29 is 5.11 Å². The van der Waals surface area contributed by atoms with Crippen molar-refractivity contribution in [2.75, 3.05) is 0 Å². The first-order chi connectivity index (χ1) is 7.68. The lowest BCUT2D eigenvalue weighted by Gasteiger charge is -2.36. The van der Waals surface area contributed by atoms with E-state index in [4.69, 9.17) is 0 Å². The lowest BCUT2D eigenvalue weighted by atomic mass is 9.80. The zero-order chi connectivity index (χ0) is 11.2. The minimum absolute atomic E-state index is 0.161. The number of hydrogen-bond acceptors (Lipinski definition) is 5. The molecule has 0 spiro atoms. The van der Waals surface area contributed by atoms with Gasteiger partial charge in [-0.25, -0.2) is 9.97 Å². The van der Waals surface area contributed by atoms with Crippen LogP contribution in [-0.4, -0.2) is 25.2 Å². The number of fused-ring (bicyclic) bond motifs is 1. The van der Waals surface area contributed by atoms with E-state index in [1.807, 2.05) is 0 Å². The van der Waals surface area contributed by atoms with Gasteiger partial charge in [-0.1, -0.05) is 0 Å². The van der Waals surface area contributed by atoms with Gasteiger partial charge >= 0.3 is 0 Å². The highest BCUT2D eigenvalue weighted by Crippen LogP contribution is 2.32. The molecule has 1 saturated carbocycles. The van der Waals surface area contributed by atoms with Crippen molar-refractivity contribution in [3.8, 4) is 0 Å². The molecule has 1 aliphatic carbocycles. The monoisotopic (exact) mass is 237 g/mol. The van der Waals surface area contributed by atoms with Gasteiger partial charge in [0.05, 0.1) is 24.0 Å². The molecule has 0 saturated heterocycles. The fourth-order valence-corrected chi connectivity index (χ4v) is 2.58. The van der Waals surface area contributed by atoms with Crippen LogP contribution in [0.25, 0.3) is 10.3 Å². The Labute approximate surface area is 95.4 Å². The van der Waals surface area contributed by atoms with Crippen LogP contribution in [0.4, 0.5) is 0 Å². The molecule has 2 heterocycles. The van der Waals surface area contributed by atoms with E-state index < -0.39 is 5.60 Å². The highest BCUT2D eigenvalue weighted by atomic mass is 32.1. The molecule has 0 atom stereocenters. The molecular formula is C10H11N3O2S. The first-order valence-electron chi connectivity index (χ1n) is 5.19. The summed E-state index contributed by atoms with van der Waals surface area (Å²) in [5.74, 6) is 0. The van der Waals surface area contributed by atoms with Crippen LogP contribution in [0.15, 0.2) is 16.6 Å². The molecule has 1 N–H and O–H groups in total. The van der Waals surface area contributed by atoms with Crippen LogP contribution >= 0.6 is 11.3 Å². The average Bonchev–Trinajstić information content (AvgIpc) is 2.68. The van der Waals surface area contributed by atoms with E-state index in [0.717, 1.165) is 19.3 Å². The molecular weight excluding hydrogens is 226 g/mol. The molecule has 5 nitrogen and oxygen atoms in total. The second kappa shape index (κ2) is 3.36. The fraction of sp³-hybridized carbons (Fsp3) is 0.500. The van der Waals surface area contributed by atoms with Crippen molar-refractivity contribution >= 4 is 21.7 Å². The van der Waals surface area contributed by atoms with E-state index in [-0.39, 0.29) is 5.56 Å². The van der Waals surface area contributed by atoms with Crippen LogP contribution in [0.1, 0.15) is 19.3 Å². The lowest BCUT2D eigenvalue weighted by Crippen LogP contribution is -2.43. The van der Waals surface area contributed by atoms with Crippen LogP contribution in [-0.2, 0) is 6.54 Å². The largest absolute Gasteiger partial charge is 0.388 e. The van der Waals surface area contributed by atoms with Gasteiger partial charge in [0.25, 0.3) is 5.56 Å². The minimum Gasteiger partial charge on any atom is -0.388 e. The van der Waals surface area contributed by atoms with Gasteiger partial charge in [0.1, 0.15) is 0 Å². The van der Waals surface area contributed by atoms with Crippen LogP contribution in [0, 0.1) is 0 Å². The minimum atomic E-state index is -0.713. The zero-order valence-electron chi connectivity index (χ0n) is 8.59. The van der Waals surface area contributed by atoms with Gasteiger partial charge in [-0.3, -0.25) is 9.36 Å². The summed E-state index contributed by atoms with van der Waals surface area (Å²) in [6.07, 6.45) is 4.04. The maximum atomic E-state index is 12.0. The third-order valence-electron chi connectivity index (χ3n) is 3.08. The molecule has 1 fully saturated rings. The summed E-state index contributed by atoms with van der Waals surface area (Å²) in [5.41, 5.74) is 1.14. The Morgan fingerprint density at radius 3 is 3.00 bits per heavy atom. The van der Waals surface area contributed by atoms with E-state index in [1.54, 1.807) is 5.51 Å². The predicted octanol–water partition coefficient (Wildman–Crippen LogP) is 0.768. The van der Waals surface area contributed by atoms with E-state index in [0.29, 0.717) is 16.9 Å². The van der Waals surface area contributed by atoms with Crippen molar-refractivity contribution in [3.63, 3.8) is 0 Å². The van der Waals surface area contributed by atoms with E-state index in [1.165, 1.54) is 22.2 Å². The van der Waals surface area contributed by atoms with Crippen LogP contribution < -0.4 is 5.56 Å². The van der Waals surface area contributed by atoms with Gasteiger partial charge in [0, 0.05) is 0 Å². The molecule has 0 aromatic carbocycles. The fourth-order valence-electron chi connectivity index (χ4n) is 1.96. The van der Waals surface area contributed by atoms with Gasteiger partial charge in [-0.05, 0) is 19.3 Å². The SMILES string of the molecule is O=c1c2ncsc2ncn1CC1(O)CCC1. The van der Waals surface area contributed by atoms with Crippen LogP contribution in [0.2, 0.25) is 0 Å². The molecule has 2 aromatic rings. The van der Waals surface area contributed by atoms with Gasteiger partial charge in [0.15, 0.2) is 10.3 Å². The third-order valence-corrected chi connectivity index (χ3v) is 3.81. The van der Waals surface area contributed by atoms with Crippen LogP contribution in [0.5, 0.6) is 0 Å². The molecule has 0 unspecified atom stereocenters. The Balaban J connectivity index is 2.03. The number of nitrogens with zero attached hydrogens (tertiary/aromatic N) is 3. The van der Waals surface area contributed by atoms with E-state index in [2.05, 4.69) is 9.97 Å². The molecule has 16 heavy (non-hydrogen) atoms. The number of aromatic nitrogens is 3. The lowest BCUT2D eigenvalue weighted by molar-refractivity contribution is -0.0481. The molecule has 84 valence electrons. The van der Waals surface area contributed by atoms with Crippen molar-refractivity contribution in [3.05, 3.63) is 22.2 Å². The van der Waals surface area contributed by atoms with E-state index in [9.17, 15) is 9.90 Å². The van der Waals surface area contributed by atoms with Gasteiger partial charge in [-0.2, -0.15) is 0 Å². The third kappa shape index (κ3) is 1.45. The van der Waals surface area contributed by atoms with E-state index >= 15 is 0 Å². The van der Waals surface area contributed by atoms with Gasteiger partial charge in [0.2, 0.25) is 0 Å². The summed E-state index contributed by atoms with van der Waals surface area (Å²) >= 11 is 1.35. The molecule has 6 heteroatoms. The quantitative estimate of drug-likeness (QED) is 0.837. The normalized spacial score (nSPS) is 18.6. The number of rotatable bonds is 2. The molecule has 0 aliphatic heterocycles. The Kier molecular flexibility index (Phi) is 2.08. The molecule has 0 bridgehead atoms. The number of thiazole rings is 1. The molecule has 0 amide bonds. The maximum Gasteiger partial charge on any atom is 0.280 e. The smallest absolute Gasteiger partial charge is 0.280 e. The highest BCUT2D eigenvalue weighted by Gasteiger charge is 2.35.